The molecule has 0 atom stereocenters. The maximum absolute atomic E-state index is 12.7. The topological polar surface area (TPSA) is 58.8 Å². The zero-order valence-corrected chi connectivity index (χ0v) is 18.5. The quantitative estimate of drug-likeness (QED) is 0.535. The molecule has 2 aromatic carbocycles. The molecule has 0 bridgehead atoms. The highest BCUT2D eigenvalue weighted by Crippen LogP contribution is 2.28. The molecule has 3 aromatic rings. The van der Waals surface area contributed by atoms with Gasteiger partial charge in [0.15, 0.2) is 11.7 Å². The van der Waals surface area contributed by atoms with E-state index in [1.807, 2.05) is 47.4 Å². The highest BCUT2D eigenvalue weighted by molar-refractivity contribution is 9.10. The first-order chi connectivity index (χ1) is 14.6. The van der Waals surface area contributed by atoms with Crippen LogP contribution in [0.5, 0.6) is 5.75 Å². The normalized spacial score (nSPS) is 14.1. The van der Waals surface area contributed by atoms with Crippen LogP contribution in [0.15, 0.2) is 63.6 Å². The zero-order chi connectivity index (χ0) is 20.9. The van der Waals surface area contributed by atoms with Crippen molar-refractivity contribution >= 4 is 27.5 Å². The Labute approximate surface area is 184 Å². The van der Waals surface area contributed by atoms with Crippen LogP contribution in [0.4, 0.5) is 5.69 Å². The molecule has 1 aliphatic heterocycles. The van der Waals surface area contributed by atoms with Crippen molar-refractivity contribution in [1.82, 2.24) is 9.88 Å². The van der Waals surface area contributed by atoms with Gasteiger partial charge in [0, 0.05) is 49.1 Å². The second kappa shape index (κ2) is 9.34. The summed E-state index contributed by atoms with van der Waals surface area (Å²) in [6, 6.07) is 15.9. The fraction of sp³-hybridized carbons (Fsp3) is 0.304. The minimum Gasteiger partial charge on any atom is -0.495 e. The fourth-order valence-corrected chi connectivity index (χ4v) is 4.06. The van der Waals surface area contributed by atoms with Crippen molar-refractivity contribution < 1.29 is 13.9 Å². The molecule has 0 unspecified atom stereocenters. The first-order valence-corrected chi connectivity index (χ1v) is 10.8. The van der Waals surface area contributed by atoms with Crippen LogP contribution in [0.3, 0.4) is 0 Å². The lowest BCUT2D eigenvalue weighted by Crippen LogP contribution is -2.48. The van der Waals surface area contributed by atoms with E-state index in [0.717, 1.165) is 34.6 Å². The molecular formula is C23H24BrN3O3. The van der Waals surface area contributed by atoms with Gasteiger partial charge in [-0.3, -0.25) is 4.79 Å². The molecule has 7 heteroatoms. The molecule has 1 amide bonds. The third kappa shape index (κ3) is 4.67. The summed E-state index contributed by atoms with van der Waals surface area (Å²) in [5.41, 5.74) is 2.04. The number of nitrogens with zero attached hydrogens (tertiary/aromatic N) is 3. The van der Waals surface area contributed by atoms with E-state index in [0.29, 0.717) is 37.6 Å². The number of piperazine rings is 1. The molecule has 6 nitrogen and oxygen atoms in total. The number of para-hydroxylation sites is 2. The molecule has 4 rings (SSSR count). The number of ether oxygens (including phenoxy) is 1. The van der Waals surface area contributed by atoms with Crippen molar-refractivity contribution in [3.8, 4) is 17.1 Å². The second-order valence-electron chi connectivity index (χ2n) is 7.17. The molecule has 0 N–H and O–H groups in total. The van der Waals surface area contributed by atoms with E-state index >= 15 is 0 Å². The lowest BCUT2D eigenvalue weighted by atomic mass is 10.2. The van der Waals surface area contributed by atoms with E-state index in [1.165, 1.54) is 0 Å². The van der Waals surface area contributed by atoms with Crippen molar-refractivity contribution in [2.75, 3.05) is 38.2 Å². The first kappa shape index (κ1) is 20.5. The van der Waals surface area contributed by atoms with E-state index in [1.54, 1.807) is 13.3 Å². The molecule has 0 radical (unpaired) electrons. The maximum atomic E-state index is 12.7. The van der Waals surface area contributed by atoms with Gasteiger partial charge in [0.1, 0.15) is 5.75 Å². The van der Waals surface area contributed by atoms with Crippen LogP contribution in [0.25, 0.3) is 11.3 Å². The van der Waals surface area contributed by atoms with Gasteiger partial charge in [-0.2, -0.15) is 0 Å². The Morgan fingerprint density at radius 2 is 1.93 bits per heavy atom. The molecule has 1 aromatic heterocycles. The van der Waals surface area contributed by atoms with Crippen LogP contribution >= 0.6 is 15.9 Å². The number of anilines is 1. The SMILES string of the molecule is COc1ccccc1N1CCN(C(=O)CCc2ncc(-c3cccc(Br)c3)o2)CC1. The van der Waals surface area contributed by atoms with Crippen molar-refractivity contribution in [3.63, 3.8) is 0 Å². The summed E-state index contributed by atoms with van der Waals surface area (Å²) >= 11 is 3.46. The van der Waals surface area contributed by atoms with Crippen molar-refractivity contribution in [1.29, 1.82) is 0 Å². The fourth-order valence-electron chi connectivity index (χ4n) is 3.66. The molecule has 0 spiro atoms. The summed E-state index contributed by atoms with van der Waals surface area (Å²) in [6.45, 7) is 2.98. The zero-order valence-electron chi connectivity index (χ0n) is 16.9. The average Bonchev–Trinajstić information content (AvgIpc) is 3.27. The van der Waals surface area contributed by atoms with Crippen LogP contribution in [0, 0.1) is 0 Å². The number of amides is 1. The van der Waals surface area contributed by atoms with E-state index in [4.69, 9.17) is 9.15 Å². The Morgan fingerprint density at radius 3 is 2.70 bits per heavy atom. The van der Waals surface area contributed by atoms with Crippen LogP contribution in [-0.2, 0) is 11.2 Å². The number of halogens is 1. The van der Waals surface area contributed by atoms with Gasteiger partial charge in [-0.25, -0.2) is 4.98 Å². The van der Waals surface area contributed by atoms with E-state index in [2.05, 4.69) is 31.9 Å². The minimum absolute atomic E-state index is 0.136. The molecule has 1 aliphatic rings. The Hall–Kier alpha value is -2.80. The number of oxazole rings is 1. The number of benzene rings is 2. The third-order valence-corrected chi connectivity index (χ3v) is 5.77. The van der Waals surface area contributed by atoms with Gasteiger partial charge in [0.2, 0.25) is 5.91 Å². The highest BCUT2D eigenvalue weighted by atomic mass is 79.9. The summed E-state index contributed by atoms with van der Waals surface area (Å²) in [6.07, 6.45) is 2.61. The Morgan fingerprint density at radius 1 is 1.13 bits per heavy atom. The van der Waals surface area contributed by atoms with Gasteiger partial charge < -0.3 is 19.0 Å². The van der Waals surface area contributed by atoms with Gasteiger partial charge in [-0.05, 0) is 24.3 Å². The number of rotatable bonds is 6. The van der Waals surface area contributed by atoms with E-state index in [-0.39, 0.29) is 5.91 Å². The molecule has 1 saturated heterocycles. The standard InChI is InChI=1S/C23H24BrN3O3/c1-29-20-8-3-2-7-19(20)26-11-13-27(14-12-26)23(28)10-9-22-25-16-21(30-22)17-5-4-6-18(24)15-17/h2-8,15-16H,9-14H2,1H3. The number of hydrogen-bond acceptors (Lipinski definition) is 5. The number of carbonyl (C=O) groups excluding carboxylic acids is 1. The summed E-state index contributed by atoms with van der Waals surface area (Å²) in [5, 5.41) is 0. The van der Waals surface area contributed by atoms with Crippen molar-refractivity contribution in [2.24, 2.45) is 0 Å². The van der Waals surface area contributed by atoms with Gasteiger partial charge in [-0.1, -0.05) is 40.2 Å². The van der Waals surface area contributed by atoms with Crippen LogP contribution in [0.2, 0.25) is 0 Å². The van der Waals surface area contributed by atoms with Crippen molar-refractivity contribution in [2.45, 2.75) is 12.8 Å². The van der Waals surface area contributed by atoms with Crippen LogP contribution in [-0.4, -0.2) is 49.1 Å². The van der Waals surface area contributed by atoms with Gasteiger partial charge in [0.05, 0.1) is 19.0 Å². The van der Waals surface area contributed by atoms with Gasteiger partial charge in [-0.15, -0.1) is 0 Å². The second-order valence-corrected chi connectivity index (χ2v) is 8.08. The first-order valence-electron chi connectivity index (χ1n) is 10.0. The van der Waals surface area contributed by atoms with Crippen LogP contribution < -0.4 is 9.64 Å². The van der Waals surface area contributed by atoms with Crippen LogP contribution in [0.1, 0.15) is 12.3 Å². The monoisotopic (exact) mass is 469 g/mol. The van der Waals surface area contributed by atoms with Gasteiger partial charge >= 0.3 is 0 Å². The highest BCUT2D eigenvalue weighted by Gasteiger charge is 2.23. The predicted molar refractivity (Wildman–Crippen MR) is 120 cm³/mol. The molecule has 1 fully saturated rings. The number of carbonyl (C=O) groups is 1. The minimum atomic E-state index is 0.136. The third-order valence-electron chi connectivity index (χ3n) is 5.27. The largest absolute Gasteiger partial charge is 0.495 e. The number of hydrogen-bond donors (Lipinski definition) is 0. The lowest BCUT2D eigenvalue weighted by molar-refractivity contribution is -0.131. The summed E-state index contributed by atoms with van der Waals surface area (Å²) in [5.74, 6) is 2.30. The number of aromatic nitrogens is 1. The number of aryl methyl sites for hydroxylation is 1. The molecule has 156 valence electrons. The maximum Gasteiger partial charge on any atom is 0.223 e. The molecule has 0 aliphatic carbocycles. The van der Waals surface area contributed by atoms with Gasteiger partial charge in [0.25, 0.3) is 0 Å². The lowest BCUT2D eigenvalue weighted by Gasteiger charge is -2.36. The average molecular weight is 470 g/mol. The van der Waals surface area contributed by atoms with E-state index < -0.39 is 0 Å². The Kier molecular flexibility index (Phi) is 6.38. The molecule has 0 saturated carbocycles. The Balaban J connectivity index is 1.29. The summed E-state index contributed by atoms with van der Waals surface area (Å²) in [4.78, 5) is 21.2. The number of methoxy groups -OCH3 is 1. The smallest absolute Gasteiger partial charge is 0.223 e. The van der Waals surface area contributed by atoms with Crippen molar-refractivity contribution in [3.05, 3.63) is 65.1 Å². The summed E-state index contributed by atoms with van der Waals surface area (Å²) < 4.78 is 12.3. The Bertz CT molecular complexity index is 1010. The molecule has 30 heavy (non-hydrogen) atoms. The predicted octanol–water partition coefficient (Wildman–Crippen LogP) is 4.39. The summed E-state index contributed by atoms with van der Waals surface area (Å²) in [7, 11) is 1.68. The molecule has 2 heterocycles. The van der Waals surface area contributed by atoms with E-state index in [9.17, 15) is 4.79 Å². The molecular weight excluding hydrogens is 446 g/mol.